The lowest BCUT2D eigenvalue weighted by Crippen LogP contribution is -2.31. The van der Waals surface area contributed by atoms with Crippen molar-refractivity contribution in [2.75, 3.05) is 7.11 Å². The molecule has 0 saturated heterocycles. The van der Waals surface area contributed by atoms with Crippen LogP contribution in [0.1, 0.15) is 11.1 Å². The molecule has 4 N–H and O–H groups in total. The van der Waals surface area contributed by atoms with Gasteiger partial charge in [0.05, 0.1) is 12.8 Å². The third-order valence-electron chi connectivity index (χ3n) is 4.47. The number of aromatic amines is 1. The third-order valence-corrected chi connectivity index (χ3v) is 4.47. The maximum atomic E-state index is 12.3. The Labute approximate surface area is 175 Å². The van der Waals surface area contributed by atoms with Crippen LogP contribution in [0.15, 0.2) is 63.1 Å². The number of methoxy groups -OCH3 is 1. The van der Waals surface area contributed by atoms with Crippen LogP contribution in [0.5, 0.6) is 17.4 Å². The van der Waals surface area contributed by atoms with Gasteiger partial charge in [-0.05, 0) is 29.8 Å². The molecule has 31 heavy (non-hydrogen) atoms. The topological polar surface area (TPSA) is 154 Å². The van der Waals surface area contributed by atoms with E-state index in [1.165, 1.54) is 31.4 Å². The van der Waals surface area contributed by atoms with E-state index in [0.29, 0.717) is 11.3 Å². The largest absolute Gasteiger partial charge is 0.508 e. The molecule has 0 amide bonds. The van der Waals surface area contributed by atoms with E-state index in [9.17, 15) is 29.7 Å². The van der Waals surface area contributed by atoms with Crippen LogP contribution >= 0.6 is 0 Å². The van der Waals surface area contributed by atoms with Gasteiger partial charge < -0.3 is 20.1 Å². The number of aliphatic imine (C=N–C) groups is 1. The highest BCUT2D eigenvalue weighted by Gasteiger charge is 2.19. The Kier molecular flexibility index (Phi) is 6.20. The molecule has 0 aliphatic rings. The number of rotatable bonds is 7. The van der Waals surface area contributed by atoms with Crippen LogP contribution in [0.2, 0.25) is 0 Å². The first-order valence-corrected chi connectivity index (χ1v) is 9.06. The van der Waals surface area contributed by atoms with Crippen LogP contribution in [-0.2, 0) is 11.2 Å². The molecule has 160 valence electrons. The van der Waals surface area contributed by atoms with Crippen LogP contribution in [0, 0.1) is 0 Å². The standard InChI is InChI=1S/C21H19N3O7/c1-31-15-4-2-3-13(10-15)24-19(27)16(18(26)23-21(24)30)11-22-17(20(28)29)9-12-5-7-14(25)8-6-12/h2-8,10-11,17,25,27H,9H2,1H3,(H,28,29)(H,23,26,30). The second kappa shape index (κ2) is 8.99. The van der Waals surface area contributed by atoms with Crippen LogP contribution in [0.25, 0.3) is 5.69 Å². The second-order valence-electron chi connectivity index (χ2n) is 6.54. The number of hydrogen-bond acceptors (Lipinski definition) is 7. The number of nitrogens with zero attached hydrogens (tertiary/aromatic N) is 2. The first-order valence-electron chi connectivity index (χ1n) is 9.06. The van der Waals surface area contributed by atoms with Crippen molar-refractivity contribution in [2.24, 2.45) is 4.99 Å². The fourth-order valence-electron chi connectivity index (χ4n) is 2.87. The van der Waals surface area contributed by atoms with Gasteiger partial charge in [0, 0.05) is 18.7 Å². The van der Waals surface area contributed by atoms with Crippen molar-refractivity contribution in [3.63, 3.8) is 0 Å². The van der Waals surface area contributed by atoms with Crippen molar-refractivity contribution in [1.29, 1.82) is 0 Å². The van der Waals surface area contributed by atoms with Gasteiger partial charge in [0.1, 0.15) is 17.1 Å². The van der Waals surface area contributed by atoms with Gasteiger partial charge in [-0.25, -0.2) is 14.2 Å². The third kappa shape index (κ3) is 4.81. The van der Waals surface area contributed by atoms with E-state index < -0.39 is 29.1 Å². The molecule has 0 fully saturated rings. The van der Waals surface area contributed by atoms with Gasteiger partial charge in [-0.1, -0.05) is 18.2 Å². The van der Waals surface area contributed by atoms with E-state index in [1.807, 2.05) is 0 Å². The summed E-state index contributed by atoms with van der Waals surface area (Å²) in [5, 5.41) is 29.4. The molecule has 1 atom stereocenters. The molecule has 10 nitrogen and oxygen atoms in total. The zero-order valence-electron chi connectivity index (χ0n) is 16.3. The molecular weight excluding hydrogens is 406 g/mol. The number of carboxylic acids is 1. The van der Waals surface area contributed by atoms with Crippen molar-refractivity contribution in [2.45, 2.75) is 12.5 Å². The highest BCUT2D eigenvalue weighted by molar-refractivity contribution is 5.85. The van der Waals surface area contributed by atoms with Gasteiger partial charge in [-0.2, -0.15) is 0 Å². The Hall–Kier alpha value is -4.34. The molecular formula is C21H19N3O7. The van der Waals surface area contributed by atoms with E-state index >= 15 is 0 Å². The smallest absolute Gasteiger partial charge is 0.335 e. The molecule has 2 aromatic carbocycles. The van der Waals surface area contributed by atoms with Crippen molar-refractivity contribution < 1.29 is 24.9 Å². The Bertz CT molecular complexity index is 1240. The lowest BCUT2D eigenvalue weighted by atomic mass is 10.1. The first-order chi connectivity index (χ1) is 14.8. The number of ether oxygens (including phenoxy) is 1. The minimum atomic E-state index is -1.26. The Morgan fingerprint density at radius 3 is 2.55 bits per heavy atom. The van der Waals surface area contributed by atoms with Gasteiger partial charge in [-0.15, -0.1) is 0 Å². The van der Waals surface area contributed by atoms with E-state index in [-0.39, 0.29) is 23.4 Å². The fraction of sp³-hybridized carbons (Fsp3) is 0.143. The minimum absolute atomic E-state index is 0.0136. The number of nitrogens with one attached hydrogen (secondary N) is 1. The number of aromatic hydroxyl groups is 2. The molecule has 1 heterocycles. The number of H-pyrrole nitrogens is 1. The minimum Gasteiger partial charge on any atom is -0.508 e. The molecule has 10 heteroatoms. The Morgan fingerprint density at radius 2 is 1.90 bits per heavy atom. The summed E-state index contributed by atoms with van der Waals surface area (Å²) >= 11 is 0. The van der Waals surface area contributed by atoms with Crippen LogP contribution in [0.3, 0.4) is 0 Å². The Balaban J connectivity index is 2.00. The van der Waals surface area contributed by atoms with Gasteiger partial charge in [0.25, 0.3) is 5.56 Å². The molecule has 0 bridgehead atoms. The number of phenolic OH excluding ortho intramolecular Hbond substituents is 1. The lowest BCUT2D eigenvalue weighted by molar-refractivity contribution is -0.138. The summed E-state index contributed by atoms with van der Waals surface area (Å²) < 4.78 is 5.95. The molecule has 0 spiro atoms. The summed E-state index contributed by atoms with van der Waals surface area (Å²) in [5.74, 6) is -1.48. The van der Waals surface area contributed by atoms with Gasteiger partial charge in [-0.3, -0.25) is 14.8 Å². The van der Waals surface area contributed by atoms with Crippen molar-refractivity contribution in [3.05, 3.63) is 80.5 Å². The molecule has 0 saturated carbocycles. The number of hydrogen-bond donors (Lipinski definition) is 4. The number of aromatic nitrogens is 2. The normalized spacial score (nSPS) is 12.0. The molecule has 0 aliphatic heterocycles. The van der Waals surface area contributed by atoms with Crippen LogP contribution in [-0.4, -0.2) is 50.2 Å². The lowest BCUT2D eigenvalue weighted by Gasteiger charge is -2.11. The van der Waals surface area contributed by atoms with Crippen molar-refractivity contribution >= 4 is 12.2 Å². The van der Waals surface area contributed by atoms with Crippen molar-refractivity contribution in [3.8, 4) is 23.1 Å². The van der Waals surface area contributed by atoms with E-state index in [0.717, 1.165) is 10.8 Å². The Morgan fingerprint density at radius 1 is 1.19 bits per heavy atom. The van der Waals surface area contributed by atoms with E-state index in [2.05, 4.69) is 9.98 Å². The predicted octanol–water partition coefficient (Wildman–Crippen LogP) is 1.06. The second-order valence-corrected chi connectivity index (χ2v) is 6.54. The molecule has 3 aromatic rings. The number of carbonyl (C=O) groups is 1. The quantitative estimate of drug-likeness (QED) is 0.413. The SMILES string of the molecule is COc1cccc(-n2c(O)c(C=NC(Cc3ccc(O)cc3)C(=O)O)c(=O)[nH]c2=O)c1. The number of phenols is 1. The van der Waals surface area contributed by atoms with E-state index in [4.69, 9.17) is 4.74 Å². The highest BCUT2D eigenvalue weighted by atomic mass is 16.5. The maximum Gasteiger partial charge on any atom is 0.335 e. The van der Waals surface area contributed by atoms with Gasteiger partial charge in [0.2, 0.25) is 5.88 Å². The highest BCUT2D eigenvalue weighted by Crippen LogP contribution is 2.20. The monoisotopic (exact) mass is 425 g/mol. The van der Waals surface area contributed by atoms with Crippen molar-refractivity contribution in [1.82, 2.24) is 9.55 Å². The predicted molar refractivity (Wildman–Crippen MR) is 112 cm³/mol. The first kappa shape index (κ1) is 21.4. The summed E-state index contributed by atoms with van der Waals surface area (Å²) in [6.07, 6.45) is 0.907. The van der Waals surface area contributed by atoms with Gasteiger partial charge in [0.15, 0.2) is 6.04 Å². The van der Waals surface area contributed by atoms with E-state index in [1.54, 1.807) is 24.3 Å². The summed E-state index contributed by atoms with van der Waals surface area (Å²) in [7, 11) is 1.44. The summed E-state index contributed by atoms with van der Waals surface area (Å²) in [6.45, 7) is 0. The number of aliphatic carboxylic acids is 1. The summed E-state index contributed by atoms with van der Waals surface area (Å²) in [4.78, 5) is 42.1. The zero-order chi connectivity index (χ0) is 22.5. The average Bonchev–Trinajstić information content (AvgIpc) is 2.73. The number of benzene rings is 2. The fourth-order valence-corrected chi connectivity index (χ4v) is 2.87. The molecule has 1 aromatic heterocycles. The summed E-state index contributed by atoms with van der Waals surface area (Å²) in [6, 6.07) is 10.9. The molecule has 3 rings (SSSR count). The maximum absolute atomic E-state index is 12.3. The summed E-state index contributed by atoms with van der Waals surface area (Å²) in [5.41, 5.74) is -1.35. The average molecular weight is 425 g/mol. The van der Waals surface area contributed by atoms with Gasteiger partial charge >= 0.3 is 11.7 Å². The molecule has 1 unspecified atom stereocenters. The number of carboxylic acid groups (broad SMARTS) is 1. The molecule has 0 aliphatic carbocycles. The van der Waals surface area contributed by atoms with Crippen LogP contribution in [0.4, 0.5) is 0 Å². The zero-order valence-corrected chi connectivity index (χ0v) is 16.3. The molecule has 0 radical (unpaired) electrons. The van der Waals surface area contributed by atoms with Crippen LogP contribution < -0.4 is 16.0 Å².